The number of amides is 1. The molecule has 0 aliphatic heterocycles. The Labute approximate surface area is 103 Å². The van der Waals surface area contributed by atoms with Crippen LogP contribution < -0.4 is 5.32 Å². The molecule has 1 atom stereocenters. The number of carboxylic acid groups (broad SMARTS) is 1. The first kappa shape index (κ1) is 13.3. The second-order valence-corrected chi connectivity index (χ2v) is 3.79. The Morgan fingerprint density at radius 2 is 2.12 bits per heavy atom. The second-order valence-electron chi connectivity index (χ2n) is 3.52. The molecule has 1 amide bonds. The first-order valence-electron chi connectivity index (χ1n) is 4.83. The van der Waals surface area contributed by atoms with E-state index in [2.05, 4.69) is 5.32 Å². The summed E-state index contributed by atoms with van der Waals surface area (Å²) in [4.78, 5) is 22.1. The SMILES string of the molecule is Cc1cc(C(NC(=O)CCl)C(=O)O)ccc1O. The van der Waals surface area contributed by atoms with Crippen molar-refractivity contribution in [2.75, 3.05) is 5.88 Å². The number of aromatic hydroxyl groups is 1. The van der Waals surface area contributed by atoms with E-state index in [1.807, 2.05) is 0 Å². The molecule has 6 heteroatoms. The summed E-state index contributed by atoms with van der Waals surface area (Å²) >= 11 is 5.30. The Morgan fingerprint density at radius 1 is 1.47 bits per heavy atom. The molecule has 0 radical (unpaired) electrons. The molecule has 1 rings (SSSR count). The molecule has 0 spiro atoms. The minimum atomic E-state index is -1.19. The molecule has 0 aromatic heterocycles. The summed E-state index contributed by atoms with van der Waals surface area (Å²) < 4.78 is 0. The van der Waals surface area contributed by atoms with Gasteiger partial charge in [0, 0.05) is 0 Å². The minimum Gasteiger partial charge on any atom is -0.508 e. The monoisotopic (exact) mass is 257 g/mol. The number of aliphatic carboxylic acids is 1. The third-order valence-electron chi connectivity index (χ3n) is 2.23. The maximum absolute atomic E-state index is 11.1. The number of carbonyl (C=O) groups excluding carboxylic acids is 1. The van der Waals surface area contributed by atoms with Gasteiger partial charge in [0.15, 0.2) is 6.04 Å². The third kappa shape index (κ3) is 3.35. The first-order chi connectivity index (χ1) is 7.95. The van der Waals surface area contributed by atoms with Gasteiger partial charge in [-0.3, -0.25) is 4.79 Å². The van der Waals surface area contributed by atoms with Gasteiger partial charge in [0.1, 0.15) is 11.6 Å². The Hall–Kier alpha value is -1.75. The highest BCUT2D eigenvalue weighted by Crippen LogP contribution is 2.21. The van der Waals surface area contributed by atoms with Crippen molar-refractivity contribution in [1.82, 2.24) is 5.32 Å². The van der Waals surface area contributed by atoms with Crippen molar-refractivity contribution in [1.29, 1.82) is 0 Å². The van der Waals surface area contributed by atoms with Gasteiger partial charge >= 0.3 is 5.97 Å². The van der Waals surface area contributed by atoms with Crippen LogP contribution in [0.2, 0.25) is 0 Å². The molecule has 0 heterocycles. The maximum Gasteiger partial charge on any atom is 0.330 e. The molecular formula is C11H12ClNO4. The van der Waals surface area contributed by atoms with Gasteiger partial charge < -0.3 is 15.5 Å². The van der Waals surface area contributed by atoms with Crippen LogP contribution in [0.3, 0.4) is 0 Å². The molecule has 1 aromatic carbocycles. The Kier molecular flexibility index (Phi) is 4.34. The summed E-state index contributed by atoms with van der Waals surface area (Å²) in [5.74, 6) is -1.99. The predicted molar refractivity (Wildman–Crippen MR) is 62.1 cm³/mol. The average Bonchev–Trinajstić information content (AvgIpc) is 2.29. The van der Waals surface area contributed by atoms with Crippen molar-refractivity contribution in [2.45, 2.75) is 13.0 Å². The molecule has 0 fully saturated rings. The largest absolute Gasteiger partial charge is 0.508 e. The number of phenolic OH excluding ortho intramolecular Hbond substituents is 1. The lowest BCUT2D eigenvalue weighted by molar-refractivity contribution is -0.141. The Balaban J connectivity index is 3.01. The number of aryl methyl sites for hydroxylation is 1. The topological polar surface area (TPSA) is 86.6 Å². The molecular weight excluding hydrogens is 246 g/mol. The van der Waals surface area contributed by atoms with Crippen LogP contribution in [-0.2, 0) is 9.59 Å². The van der Waals surface area contributed by atoms with Crippen LogP contribution in [0.1, 0.15) is 17.2 Å². The summed E-state index contributed by atoms with van der Waals surface area (Å²) in [6.07, 6.45) is 0. The molecule has 5 nitrogen and oxygen atoms in total. The molecule has 0 bridgehead atoms. The van der Waals surface area contributed by atoms with Crippen LogP contribution in [-0.4, -0.2) is 28.0 Å². The smallest absolute Gasteiger partial charge is 0.330 e. The lowest BCUT2D eigenvalue weighted by Gasteiger charge is -2.15. The van der Waals surface area contributed by atoms with Gasteiger partial charge in [0.25, 0.3) is 0 Å². The number of hydrogen-bond acceptors (Lipinski definition) is 3. The fraction of sp³-hybridized carbons (Fsp3) is 0.273. The van der Waals surface area contributed by atoms with Crippen molar-refractivity contribution < 1.29 is 19.8 Å². The number of hydrogen-bond donors (Lipinski definition) is 3. The van der Waals surface area contributed by atoms with Crippen molar-refractivity contribution in [3.05, 3.63) is 29.3 Å². The number of carboxylic acids is 1. The molecule has 0 saturated heterocycles. The fourth-order valence-corrected chi connectivity index (χ4v) is 1.42. The van der Waals surface area contributed by atoms with E-state index in [0.29, 0.717) is 11.1 Å². The molecule has 0 aliphatic carbocycles. The number of rotatable bonds is 4. The summed E-state index contributed by atoms with van der Waals surface area (Å²) in [6, 6.07) is 3.16. The number of halogens is 1. The molecule has 17 heavy (non-hydrogen) atoms. The molecule has 92 valence electrons. The lowest BCUT2D eigenvalue weighted by Crippen LogP contribution is -2.34. The minimum absolute atomic E-state index is 0.0709. The zero-order valence-corrected chi connectivity index (χ0v) is 9.86. The Bertz CT molecular complexity index is 447. The van der Waals surface area contributed by atoms with Gasteiger partial charge in [0.2, 0.25) is 5.91 Å². The number of benzene rings is 1. The molecule has 1 unspecified atom stereocenters. The standard InChI is InChI=1S/C11H12ClNO4/c1-6-4-7(2-3-8(6)14)10(11(16)17)13-9(15)5-12/h2-4,10,14H,5H2,1H3,(H,13,15)(H,16,17). The molecule has 0 saturated carbocycles. The number of carbonyl (C=O) groups is 2. The van der Waals surface area contributed by atoms with E-state index in [1.165, 1.54) is 18.2 Å². The summed E-state index contributed by atoms with van der Waals surface area (Å²) in [6.45, 7) is 1.64. The maximum atomic E-state index is 11.1. The van der Waals surface area contributed by atoms with Crippen LogP contribution in [0.25, 0.3) is 0 Å². The number of nitrogens with one attached hydrogen (secondary N) is 1. The van der Waals surface area contributed by atoms with E-state index in [1.54, 1.807) is 6.92 Å². The van der Waals surface area contributed by atoms with Gasteiger partial charge in [-0.15, -0.1) is 11.6 Å². The quantitative estimate of drug-likeness (QED) is 0.707. The number of phenols is 1. The molecule has 0 aliphatic rings. The summed E-state index contributed by atoms with van der Waals surface area (Å²) in [7, 11) is 0. The van der Waals surface area contributed by atoms with E-state index in [-0.39, 0.29) is 11.6 Å². The van der Waals surface area contributed by atoms with E-state index in [9.17, 15) is 14.7 Å². The zero-order chi connectivity index (χ0) is 13.0. The third-order valence-corrected chi connectivity index (χ3v) is 2.47. The zero-order valence-electron chi connectivity index (χ0n) is 9.11. The van der Waals surface area contributed by atoms with Crippen LogP contribution >= 0.6 is 11.6 Å². The van der Waals surface area contributed by atoms with E-state index in [0.717, 1.165) is 0 Å². The highest BCUT2D eigenvalue weighted by Gasteiger charge is 2.22. The summed E-state index contributed by atoms with van der Waals surface area (Å²) in [5, 5.41) is 20.6. The van der Waals surface area contributed by atoms with Gasteiger partial charge in [-0.2, -0.15) is 0 Å². The predicted octanol–water partition coefficient (Wildman–Crippen LogP) is 1.18. The highest BCUT2D eigenvalue weighted by atomic mass is 35.5. The van der Waals surface area contributed by atoms with Crippen LogP contribution in [0.4, 0.5) is 0 Å². The van der Waals surface area contributed by atoms with Crippen molar-refractivity contribution in [2.24, 2.45) is 0 Å². The summed E-state index contributed by atoms with van der Waals surface area (Å²) in [5.41, 5.74) is 0.917. The fourth-order valence-electron chi connectivity index (χ4n) is 1.35. The van der Waals surface area contributed by atoms with E-state index < -0.39 is 17.9 Å². The number of alkyl halides is 1. The van der Waals surface area contributed by atoms with Crippen LogP contribution in [0, 0.1) is 6.92 Å². The lowest BCUT2D eigenvalue weighted by atomic mass is 10.0. The van der Waals surface area contributed by atoms with Gasteiger partial charge in [-0.25, -0.2) is 4.79 Å². The average molecular weight is 258 g/mol. The molecule has 3 N–H and O–H groups in total. The second kappa shape index (κ2) is 5.54. The van der Waals surface area contributed by atoms with Crippen LogP contribution in [0.15, 0.2) is 18.2 Å². The van der Waals surface area contributed by atoms with Gasteiger partial charge in [0.05, 0.1) is 0 Å². The van der Waals surface area contributed by atoms with Crippen LogP contribution in [0.5, 0.6) is 5.75 Å². The van der Waals surface area contributed by atoms with Crippen molar-refractivity contribution in [3.63, 3.8) is 0 Å². The van der Waals surface area contributed by atoms with Crippen molar-refractivity contribution in [3.8, 4) is 5.75 Å². The Morgan fingerprint density at radius 3 is 2.59 bits per heavy atom. The van der Waals surface area contributed by atoms with E-state index >= 15 is 0 Å². The van der Waals surface area contributed by atoms with Gasteiger partial charge in [-0.1, -0.05) is 6.07 Å². The first-order valence-corrected chi connectivity index (χ1v) is 5.36. The van der Waals surface area contributed by atoms with Crippen molar-refractivity contribution >= 4 is 23.5 Å². The van der Waals surface area contributed by atoms with E-state index in [4.69, 9.17) is 16.7 Å². The highest BCUT2D eigenvalue weighted by molar-refractivity contribution is 6.27. The normalized spacial score (nSPS) is 11.9. The molecule has 1 aromatic rings. The van der Waals surface area contributed by atoms with Gasteiger partial charge in [-0.05, 0) is 30.2 Å².